The Balaban J connectivity index is 2.11. The number of esters is 1. The number of para-hydroxylation sites is 1. The van der Waals surface area contributed by atoms with Crippen molar-refractivity contribution in [2.45, 2.75) is 24.5 Å². The topological polar surface area (TPSA) is 85.4 Å². The summed E-state index contributed by atoms with van der Waals surface area (Å²) in [7, 11) is 3.76. The molecule has 8 heteroatoms. The molecule has 24 heavy (non-hydrogen) atoms. The average molecular weight is 334 g/mol. The van der Waals surface area contributed by atoms with Crippen molar-refractivity contribution < 1.29 is 28.6 Å². The van der Waals surface area contributed by atoms with Gasteiger partial charge < -0.3 is 14.2 Å². The van der Waals surface area contributed by atoms with E-state index in [4.69, 9.17) is 14.2 Å². The Labute approximate surface area is 138 Å². The number of carbonyl (C=O) groups is 3. The van der Waals surface area contributed by atoms with Gasteiger partial charge in [0.2, 0.25) is 0 Å². The lowest BCUT2D eigenvalue weighted by Crippen LogP contribution is -2.53. The van der Waals surface area contributed by atoms with Crippen molar-refractivity contribution in [2.24, 2.45) is 0 Å². The molecule has 1 fully saturated rings. The number of rotatable bonds is 1. The van der Waals surface area contributed by atoms with Crippen LogP contribution < -0.4 is 4.90 Å². The van der Waals surface area contributed by atoms with E-state index in [1.807, 2.05) is 12.1 Å². The first-order valence-corrected chi connectivity index (χ1v) is 7.45. The van der Waals surface area contributed by atoms with E-state index in [1.54, 1.807) is 12.1 Å². The molecule has 1 saturated heterocycles. The minimum absolute atomic E-state index is 0.219. The maximum atomic E-state index is 12.3. The lowest BCUT2D eigenvalue weighted by atomic mass is 9.96. The van der Waals surface area contributed by atoms with E-state index >= 15 is 0 Å². The van der Waals surface area contributed by atoms with Crippen LogP contribution in [0.2, 0.25) is 0 Å². The highest BCUT2D eigenvalue weighted by Crippen LogP contribution is 2.50. The summed E-state index contributed by atoms with van der Waals surface area (Å²) < 4.78 is 14.5. The van der Waals surface area contributed by atoms with E-state index in [9.17, 15) is 14.4 Å². The van der Waals surface area contributed by atoms with Gasteiger partial charge in [0.1, 0.15) is 12.2 Å². The van der Waals surface area contributed by atoms with Crippen molar-refractivity contribution in [1.82, 2.24) is 4.90 Å². The maximum Gasteiger partial charge on any atom is 0.415 e. The second-order valence-corrected chi connectivity index (χ2v) is 5.57. The number of benzene rings is 1. The highest BCUT2D eigenvalue weighted by atomic mass is 16.6. The summed E-state index contributed by atoms with van der Waals surface area (Å²) in [4.78, 5) is 39.4. The van der Waals surface area contributed by atoms with Gasteiger partial charge in [-0.1, -0.05) is 18.2 Å². The lowest BCUT2D eigenvalue weighted by Gasteiger charge is -2.32. The number of carbonyl (C=O) groups excluding carboxylic acids is 3. The summed E-state index contributed by atoms with van der Waals surface area (Å²) in [6.45, 7) is 0. The molecule has 0 spiro atoms. The molecule has 3 rings (SSSR count). The van der Waals surface area contributed by atoms with Crippen molar-refractivity contribution in [3.63, 3.8) is 0 Å². The van der Waals surface area contributed by atoms with Crippen LogP contribution in [0.3, 0.4) is 0 Å². The largest absolute Gasteiger partial charge is 0.467 e. The number of hydrogen-bond acceptors (Lipinski definition) is 6. The highest BCUT2D eigenvalue weighted by Gasteiger charge is 2.57. The lowest BCUT2D eigenvalue weighted by molar-refractivity contribution is -0.145. The summed E-state index contributed by atoms with van der Waals surface area (Å²) >= 11 is 0. The molecule has 0 aromatic heterocycles. The average Bonchev–Trinajstić information content (AvgIpc) is 3.14. The molecule has 0 unspecified atom stereocenters. The van der Waals surface area contributed by atoms with Crippen molar-refractivity contribution in [3.05, 3.63) is 29.8 Å². The van der Waals surface area contributed by atoms with Gasteiger partial charge in [-0.25, -0.2) is 14.4 Å². The predicted molar refractivity (Wildman–Crippen MR) is 82.5 cm³/mol. The van der Waals surface area contributed by atoms with Crippen LogP contribution >= 0.6 is 0 Å². The van der Waals surface area contributed by atoms with Gasteiger partial charge >= 0.3 is 18.2 Å². The van der Waals surface area contributed by atoms with E-state index in [1.165, 1.54) is 31.1 Å². The summed E-state index contributed by atoms with van der Waals surface area (Å²) in [6, 6.07) is 6.50. The Kier molecular flexibility index (Phi) is 4.04. The van der Waals surface area contributed by atoms with E-state index in [2.05, 4.69) is 0 Å². The summed E-state index contributed by atoms with van der Waals surface area (Å²) in [5.74, 6) is -0.763. The molecule has 2 aliphatic heterocycles. The number of amides is 2. The number of nitrogens with zero attached hydrogens (tertiary/aromatic N) is 2. The number of likely N-dealkylation sites (tertiary alicyclic amines) is 1. The smallest absolute Gasteiger partial charge is 0.415 e. The van der Waals surface area contributed by atoms with Gasteiger partial charge in [0, 0.05) is 5.92 Å². The van der Waals surface area contributed by atoms with Crippen LogP contribution in [0.15, 0.2) is 24.3 Å². The van der Waals surface area contributed by atoms with Gasteiger partial charge in [0.15, 0.2) is 0 Å². The number of hydrogen-bond donors (Lipinski definition) is 0. The quantitative estimate of drug-likeness (QED) is 0.574. The zero-order valence-corrected chi connectivity index (χ0v) is 13.6. The van der Waals surface area contributed by atoms with Crippen molar-refractivity contribution in [1.29, 1.82) is 0 Å². The van der Waals surface area contributed by atoms with Gasteiger partial charge in [-0.3, -0.25) is 9.80 Å². The minimum atomic E-state index is -0.821. The second kappa shape index (κ2) is 6.03. The number of anilines is 1. The summed E-state index contributed by atoms with van der Waals surface area (Å²) in [5.41, 5.74) is 1.55. The van der Waals surface area contributed by atoms with E-state index in [0.717, 1.165) is 5.56 Å². The Morgan fingerprint density at radius 3 is 2.29 bits per heavy atom. The standard InChI is InChI=1S/C16H18N2O6/c1-22-14(19)12-8-10-9-6-4-5-7-11(9)17(15(20)23-2)13(10)18(12)16(21)24-3/h4-7,10,12-13H,8H2,1-3H3/t10-,12-,13-/m0/s1. The molecule has 3 atom stereocenters. The van der Waals surface area contributed by atoms with Gasteiger partial charge in [0.05, 0.1) is 27.0 Å². The summed E-state index contributed by atoms with van der Waals surface area (Å²) in [6.07, 6.45) is -1.64. The van der Waals surface area contributed by atoms with Crippen molar-refractivity contribution in [2.75, 3.05) is 26.2 Å². The zero-order chi connectivity index (χ0) is 17.4. The molecular weight excluding hydrogens is 316 g/mol. The Bertz CT molecular complexity index is 691. The van der Waals surface area contributed by atoms with Gasteiger partial charge in [-0.05, 0) is 18.1 Å². The first kappa shape index (κ1) is 16.1. The predicted octanol–water partition coefficient (Wildman–Crippen LogP) is 1.70. The molecule has 2 heterocycles. The Morgan fingerprint density at radius 1 is 1.00 bits per heavy atom. The Hall–Kier alpha value is -2.77. The highest BCUT2D eigenvalue weighted by molar-refractivity contribution is 5.94. The van der Waals surface area contributed by atoms with E-state index < -0.39 is 30.4 Å². The number of fused-ring (bicyclic) bond motifs is 3. The van der Waals surface area contributed by atoms with Crippen LogP contribution in [-0.2, 0) is 19.0 Å². The molecule has 0 saturated carbocycles. The third-order valence-electron chi connectivity index (χ3n) is 4.55. The number of ether oxygens (including phenoxy) is 3. The minimum Gasteiger partial charge on any atom is -0.467 e. The molecule has 0 radical (unpaired) electrons. The van der Waals surface area contributed by atoms with Gasteiger partial charge in [0.25, 0.3) is 0 Å². The molecule has 128 valence electrons. The van der Waals surface area contributed by atoms with Crippen LogP contribution in [0.4, 0.5) is 15.3 Å². The van der Waals surface area contributed by atoms with Crippen LogP contribution in [0.25, 0.3) is 0 Å². The molecule has 0 N–H and O–H groups in total. The molecule has 1 aromatic carbocycles. The second-order valence-electron chi connectivity index (χ2n) is 5.57. The van der Waals surface area contributed by atoms with Crippen LogP contribution in [0, 0.1) is 0 Å². The third-order valence-corrected chi connectivity index (χ3v) is 4.55. The third kappa shape index (κ3) is 2.17. The molecule has 0 bridgehead atoms. The molecular formula is C16H18N2O6. The Morgan fingerprint density at radius 2 is 1.67 bits per heavy atom. The monoisotopic (exact) mass is 334 g/mol. The zero-order valence-electron chi connectivity index (χ0n) is 13.6. The van der Waals surface area contributed by atoms with Gasteiger partial charge in [-0.15, -0.1) is 0 Å². The molecule has 8 nitrogen and oxygen atoms in total. The van der Waals surface area contributed by atoms with Crippen LogP contribution in [0.1, 0.15) is 17.9 Å². The van der Waals surface area contributed by atoms with E-state index in [-0.39, 0.29) is 5.92 Å². The SMILES string of the molecule is COC(=O)[C@@H]1C[C@H]2c3ccccc3N(C(=O)OC)[C@H]2N1C(=O)OC. The first-order valence-electron chi connectivity index (χ1n) is 7.45. The fraction of sp³-hybridized carbons (Fsp3) is 0.438. The first-order chi connectivity index (χ1) is 11.5. The summed E-state index contributed by atoms with van der Waals surface area (Å²) in [5, 5.41) is 0. The van der Waals surface area contributed by atoms with Crippen LogP contribution in [0.5, 0.6) is 0 Å². The molecule has 1 aromatic rings. The van der Waals surface area contributed by atoms with Crippen molar-refractivity contribution in [3.8, 4) is 0 Å². The molecule has 2 amide bonds. The van der Waals surface area contributed by atoms with Gasteiger partial charge in [-0.2, -0.15) is 0 Å². The van der Waals surface area contributed by atoms with E-state index in [0.29, 0.717) is 12.1 Å². The number of methoxy groups -OCH3 is 3. The fourth-order valence-electron chi connectivity index (χ4n) is 3.60. The van der Waals surface area contributed by atoms with Crippen LogP contribution in [-0.4, -0.2) is 56.6 Å². The maximum absolute atomic E-state index is 12.3. The van der Waals surface area contributed by atoms with Crippen molar-refractivity contribution >= 4 is 23.8 Å². The molecule has 0 aliphatic carbocycles. The molecule has 2 aliphatic rings. The fourth-order valence-corrected chi connectivity index (χ4v) is 3.60. The normalized spacial score (nSPS) is 24.2.